The number of amides is 1. The summed E-state index contributed by atoms with van der Waals surface area (Å²) in [7, 11) is 0.503. The van der Waals surface area contributed by atoms with E-state index in [-0.39, 0.29) is 5.91 Å². The number of hydrogen-bond donors (Lipinski definition) is 2. The molecule has 1 aliphatic rings. The van der Waals surface area contributed by atoms with Crippen LogP contribution in [0.5, 0.6) is 0 Å². The largest absolute Gasteiger partial charge is 0.362 e. The molecule has 1 aromatic carbocycles. The molecule has 0 aliphatic carbocycles. The molecule has 9 nitrogen and oxygen atoms in total. The first-order valence-corrected chi connectivity index (χ1v) is 18.3. The molecular weight excluding hydrogens is 556 g/mol. The van der Waals surface area contributed by atoms with Crippen LogP contribution in [0.4, 0.5) is 20.4 Å². The number of anilines is 2. The van der Waals surface area contributed by atoms with Crippen LogP contribution >= 0.6 is 0 Å². The Bertz CT molecular complexity index is 1560. The second kappa shape index (κ2) is 12.5. The number of alkyl halides is 2. The maximum atomic E-state index is 13.3. The van der Waals surface area contributed by atoms with Crippen LogP contribution in [-0.4, -0.2) is 70.4 Å². The topological polar surface area (TPSA) is 89.2 Å². The van der Waals surface area contributed by atoms with Gasteiger partial charge in [-0.15, -0.1) is 0 Å². The van der Waals surface area contributed by atoms with Gasteiger partial charge in [0.2, 0.25) is 0 Å². The fraction of sp³-hybridized carbons (Fsp3) is 0.500. The highest BCUT2D eigenvalue weighted by Crippen LogP contribution is 2.27. The molecule has 1 saturated heterocycles. The van der Waals surface area contributed by atoms with E-state index >= 15 is 0 Å². The molecule has 0 saturated carbocycles. The maximum Gasteiger partial charge on any atom is 0.256 e. The van der Waals surface area contributed by atoms with Crippen molar-refractivity contribution in [2.75, 3.05) is 30.3 Å². The zero-order valence-corrected chi connectivity index (χ0v) is 26.1. The summed E-state index contributed by atoms with van der Waals surface area (Å²) in [5.74, 6) is 0.487. The van der Waals surface area contributed by atoms with Gasteiger partial charge < -0.3 is 19.9 Å². The van der Waals surface area contributed by atoms with E-state index in [4.69, 9.17) is 4.74 Å². The van der Waals surface area contributed by atoms with Crippen molar-refractivity contribution >= 4 is 47.4 Å². The minimum Gasteiger partial charge on any atom is -0.362 e. The average molecular weight is 598 g/mol. The molecule has 5 rings (SSSR count). The van der Waals surface area contributed by atoms with Gasteiger partial charge in [-0.3, -0.25) is 14.4 Å². The van der Waals surface area contributed by atoms with Gasteiger partial charge >= 0.3 is 0 Å². The molecule has 0 bridgehead atoms. The average Bonchev–Trinajstić information content (AvgIpc) is 3.59. The third-order valence-electron chi connectivity index (χ3n) is 7.92. The number of rotatable bonds is 12. The molecule has 1 fully saturated rings. The third-order valence-corrected chi connectivity index (χ3v) is 9.63. The fourth-order valence-corrected chi connectivity index (χ4v) is 6.18. The van der Waals surface area contributed by atoms with E-state index in [9.17, 15) is 13.6 Å². The summed E-state index contributed by atoms with van der Waals surface area (Å²) in [6.45, 7) is 11.9. The van der Waals surface area contributed by atoms with Crippen LogP contribution in [-0.2, 0) is 25.1 Å². The quantitative estimate of drug-likeness (QED) is 0.150. The second-order valence-corrected chi connectivity index (χ2v) is 18.1. The van der Waals surface area contributed by atoms with Crippen LogP contribution in [0.2, 0.25) is 25.7 Å². The number of carbonyl (C=O) groups is 1. The van der Waals surface area contributed by atoms with Gasteiger partial charge in [-0.25, -0.2) is 13.8 Å². The molecule has 3 aromatic heterocycles. The smallest absolute Gasteiger partial charge is 0.256 e. The highest BCUT2D eigenvalue weighted by atomic mass is 28.3. The van der Waals surface area contributed by atoms with Crippen molar-refractivity contribution in [3.63, 3.8) is 0 Å². The van der Waals surface area contributed by atoms with Gasteiger partial charge in [-0.05, 0) is 56.6 Å². The molecule has 0 radical (unpaired) electrons. The van der Waals surface area contributed by atoms with Gasteiger partial charge in [0.05, 0.1) is 17.6 Å². The first kappa shape index (κ1) is 30.1. The molecule has 4 aromatic rings. The Morgan fingerprint density at radius 1 is 1.19 bits per heavy atom. The van der Waals surface area contributed by atoms with E-state index in [1.807, 2.05) is 6.07 Å². The molecule has 2 N–H and O–H groups in total. The zero-order valence-electron chi connectivity index (χ0n) is 25.1. The number of ether oxygens (including phenoxy) is 1. The predicted molar refractivity (Wildman–Crippen MR) is 166 cm³/mol. The molecule has 226 valence electrons. The lowest BCUT2D eigenvalue weighted by molar-refractivity contribution is 0.0863. The number of hydrogen-bond acceptors (Lipinski definition) is 6. The number of likely N-dealkylation sites (tertiary alicyclic amines) is 1. The van der Waals surface area contributed by atoms with Gasteiger partial charge in [0.25, 0.3) is 12.3 Å². The van der Waals surface area contributed by atoms with E-state index in [1.165, 1.54) is 18.5 Å². The Hall–Kier alpha value is -3.35. The third kappa shape index (κ3) is 6.99. The Labute approximate surface area is 246 Å². The molecule has 12 heteroatoms. The van der Waals surface area contributed by atoms with Crippen molar-refractivity contribution in [2.24, 2.45) is 7.05 Å². The summed E-state index contributed by atoms with van der Waals surface area (Å²) in [6.07, 6.45) is 1.73. The van der Waals surface area contributed by atoms with Gasteiger partial charge in [-0.1, -0.05) is 19.6 Å². The first-order valence-electron chi connectivity index (χ1n) is 14.6. The normalized spacial score (nSPS) is 16.2. The lowest BCUT2D eigenvalue weighted by Gasteiger charge is -2.22. The molecule has 0 spiro atoms. The molecule has 4 heterocycles. The summed E-state index contributed by atoms with van der Waals surface area (Å²) < 4.78 is 35.3. The van der Waals surface area contributed by atoms with Crippen molar-refractivity contribution in [2.45, 2.75) is 71.2 Å². The summed E-state index contributed by atoms with van der Waals surface area (Å²) in [4.78, 5) is 20.3. The predicted octanol–water partition coefficient (Wildman–Crippen LogP) is 6.15. The van der Waals surface area contributed by atoms with E-state index < -0.39 is 21.0 Å². The first-order chi connectivity index (χ1) is 20.0. The maximum absolute atomic E-state index is 13.3. The highest BCUT2D eigenvalue weighted by Gasteiger charge is 2.23. The van der Waals surface area contributed by atoms with Crippen LogP contribution < -0.4 is 10.6 Å². The second-order valence-electron chi connectivity index (χ2n) is 12.4. The molecule has 0 unspecified atom stereocenters. The number of pyridine rings is 1. The minimum absolute atomic E-state index is 0.317. The lowest BCUT2D eigenvalue weighted by Crippen LogP contribution is -2.27. The molecule has 1 atom stereocenters. The summed E-state index contributed by atoms with van der Waals surface area (Å²) >= 11 is 0. The Balaban J connectivity index is 1.37. The molecule has 1 amide bonds. The number of halogens is 2. The summed E-state index contributed by atoms with van der Waals surface area (Å²) in [5.41, 5.74) is 3.22. The molecule has 42 heavy (non-hydrogen) atoms. The minimum atomic E-state index is -2.49. The van der Waals surface area contributed by atoms with Gasteiger partial charge in [0.1, 0.15) is 12.5 Å². The fourth-order valence-electron chi connectivity index (χ4n) is 5.43. The monoisotopic (exact) mass is 597 g/mol. The Morgan fingerprint density at radius 3 is 2.71 bits per heavy atom. The van der Waals surface area contributed by atoms with E-state index in [0.717, 1.165) is 36.6 Å². The number of carbonyl (C=O) groups excluding carboxylic acids is 1. The molecular formula is C30H41F2N7O2Si. The van der Waals surface area contributed by atoms with E-state index in [2.05, 4.69) is 62.8 Å². The van der Waals surface area contributed by atoms with Crippen molar-refractivity contribution in [3.8, 4) is 0 Å². The van der Waals surface area contributed by atoms with Crippen LogP contribution in [0, 0.1) is 0 Å². The Morgan fingerprint density at radius 2 is 2.00 bits per heavy atom. The standard InChI is InChI=1S/C30H41F2N7O2Si/c1-20-7-6-10-38(20)18-23-13-22-16-33-28(15-25(22)39(23)19-41-11-12-42(3,4)5)35-30(40)21-8-9-24-26(14-21)37(2)36-29(24)34-17-27(31)32/h8-9,13-16,20,27H,6-7,10-12,17-19H2,1-5H3,(H,34,36)(H,33,35,40)/t20-/m0/s1. The van der Waals surface area contributed by atoms with Gasteiger partial charge in [0, 0.05) is 68.6 Å². The van der Waals surface area contributed by atoms with E-state index in [1.54, 1.807) is 36.1 Å². The highest BCUT2D eigenvalue weighted by molar-refractivity contribution is 6.76. The van der Waals surface area contributed by atoms with Crippen molar-refractivity contribution < 1.29 is 18.3 Å². The van der Waals surface area contributed by atoms with Crippen molar-refractivity contribution in [1.82, 2.24) is 24.2 Å². The number of benzene rings is 1. The summed E-state index contributed by atoms with van der Waals surface area (Å²) in [5, 5.41) is 11.6. The number of fused-ring (bicyclic) bond motifs is 2. The molecule has 1 aliphatic heterocycles. The van der Waals surface area contributed by atoms with Crippen molar-refractivity contribution in [3.05, 3.63) is 47.8 Å². The SMILES string of the molecule is C[C@H]1CCCN1Cc1cc2cnc(NC(=O)c3ccc4c(NCC(F)F)nn(C)c4c3)cc2n1COCC[Si](C)(C)C. The van der Waals surface area contributed by atoms with Crippen LogP contribution in [0.15, 0.2) is 36.5 Å². The van der Waals surface area contributed by atoms with Crippen molar-refractivity contribution in [1.29, 1.82) is 0 Å². The number of aryl methyl sites for hydroxylation is 1. The van der Waals surface area contributed by atoms with Crippen LogP contribution in [0.25, 0.3) is 21.8 Å². The number of nitrogens with one attached hydrogen (secondary N) is 2. The van der Waals surface area contributed by atoms with E-state index in [0.29, 0.717) is 40.9 Å². The lowest BCUT2D eigenvalue weighted by atomic mass is 10.1. The number of aromatic nitrogens is 4. The number of nitrogens with zero attached hydrogens (tertiary/aromatic N) is 5. The Kier molecular flexibility index (Phi) is 8.95. The van der Waals surface area contributed by atoms with Crippen LogP contribution in [0.1, 0.15) is 35.8 Å². The summed E-state index contributed by atoms with van der Waals surface area (Å²) in [6, 6.07) is 10.8. The van der Waals surface area contributed by atoms with Crippen LogP contribution in [0.3, 0.4) is 0 Å². The van der Waals surface area contributed by atoms with Gasteiger partial charge in [0.15, 0.2) is 5.82 Å². The van der Waals surface area contributed by atoms with Gasteiger partial charge in [-0.2, -0.15) is 5.10 Å². The zero-order chi connectivity index (χ0) is 30.0.